The molecule has 0 fully saturated rings. The average molecular weight is 433 g/mol. The van der Waals surface area contributed by atoms with Crippen LogP contribution >= 0.6 is 0 Å². The lowest BCUT2D eigenvalue weighted by molar-refractivity contribution is 0.0954. The molecule has 2 aliphatic heterocycles. The quantitative estimate of drug-likeness (QED) is 0.525. The molecule has 0 atom stereocenters. The summed E-state index contributed by atoms with van der Waals surface area (Å²) >= 11 is 0. The first-order valence-corrected chi connectivity index (χ1v) is 10.4. The highest BCUT2D eigenvalue weighted by Gasteiger charge is 2.33. The fourth-order valence-electron chi connectivity index (χ4n) is 4.09. The van der Waals surface area contributed by atoms with Gasteiger partial charge in [-0.15, -0.1) is 0 Å². The summed E-state index contributed by atoms with van der Waals surface area (Å²) in [5.41, 5.74) is 3.99. The lowest BCUT2D eigenvalue weighted by Crippen LogP contribution is -2.34. The summed E-state index contributed by atoms with van der Waals surface area (Å²) < 4.78 is 38.2. The third-order valence-electron chi connectivity index (χ3n) is 5.80. The summed E-state index contributed by atoms with van der Waals surface area (Å²) in [5, 5.41) is 0. The number of fused-ring (bicyclic) bond motifs is 2. The number of halogens is 2. The number of ketones is 1. The van der Waals surface area contributed by atoms with Crippen LogP contribution in [0.15, 0.2) is 60.4 Å². The van der Waals surface area contributed by atoms with Gasteiger partial charge in [0.25, 0.3) is 0 Å². The second-order valence-electron chi connectivity index (χ2n) is 8.06. The van der Waals surface area contributed by atoms with Gasteiger partial charge in [-0.3, -0.25) is 9.69 Å². The van der Waals surface area contributed by atoms with E-state index in [0.717, 1.165) is 35.4 Å². The number of Topliss-reactive ketones (excluding diaryl/α,β-unsaturated/α-hetero) is 1. The molecular formula is C26H21F2NO3. The topological polar surface area (TPSA) is 38.8 Å². The lowest BCUT2D eigenvalue weighted by atomic mass is 10.00. The summed E-state index contributed by atoms with van der Waals surface area (Å²) in [6.45, 7) is 3.72. The predicted octanol–water partition coefficient (Wildman–Crippen LogP) is 5.28. The number of nitrogens with zero attached hydrogens (tertiary/aromatic N) is 1. The van der Waals surface area contributed by atoms with Crippen LogP contribution in [0.1, 0.15) is 32.6 Å². The van der Waals surface area contributed by atoms with Gasteiger partial charge in [0, 0.05) is 24.2 Å². The predicted molar refractivity (Wildman–Crippen MR) is 117 cm³/mol. The van der Waals surface area contributed by atoms with Crippen LogP contribution in [0.4, 0.5) is 8.78 Å². The molecule has 2 heterocycles. The molecule has 0 spiro atoms. The molecule has 3 aromatic carbocycles. The van der Waals surface area contributed by atoms with E-state index in [1.165, 1.54) is 24.3 Å². The number of ether oxygens (including phenoxy) is 2. The molecule has 0 N–H and O–H groups in total. The molecule has 0 saturated heterocycles. The van der Waals surface area contributed by atoms with E-state index in [0.29, 0.717) is 30.2 Å². The maximum Gasteiger partial charge on any atom is 0.231 e. The minimum atomic E-state index is -0.334. The molecule has 5 rings (SSSR count). The van der Waals surface area contributed by atoms with Gasteiger partial charge in [0.05, 0.1) is 5.56 Å². The summed E-state index contributed by atoms with van der Waals surface area (Å²) in [4.78, 5) is 15.1. The number of allylic oxidation sites excluding steroid dienone is 1. The molecule has 3 aromatic rings. The van der Waals surface area contributed by atoms with Crippen LogP contribution < -0.4 is 9.47 Å². The van der Waals surface area contributed by atoms with Crippen molar-refractivity contribution in [3.05, 3.63) is 99.8 Å². The molecule has 162 valence electrons. The van der Waals surface area contributed by atoms with Gasteiger partial charge < -0.3 is 9.47 Å². The Morgan fingerprint density at radius 3 is 2.41 bits per heavy atom. The van der Waals surface area contributed by atoms with E-state index in [1.54, 1.807) is 30.3 Å². The molecule has 0 bridgehead atoms. The van der Waals surface area contributed by atoms with Crippen LogP contribution in [-0.2, 0) is 13.0 Å². The van der Waals surface area contributed by atoms with E-state index in [-0.39, 0.29) is 23.2 Å². The first-order chi connectivity index (χ1) is 15.5. The van der Waals surface area contributed by atoms with Crippen molar-refractivity contribution in [1.82, 2.24) is 4.90 Å². The van der Waals surface area contributed by atoms with E-state index in [1.807, 2.05) is 13.0 Å². The van der Waals surface area contributed by atoms with Gasteiger partial charge >= 0.3 is 0 Å². The zero-order valence-electron chi connectivity index (χ0n) is 17.5. The van der Waals surface area contributed by atoms with E-state index in [9.17, 15) is 13.6 Å². The Labute approximate surface area is 184 Å². The highest BCUT2D eigenvalue weighted by molar-refractivity contribution is 6.15. The third kappa shape index (κ3) is 3.89. The van der Waals surface area contributed by atoms with Gasteiger partial charge in [-0.1, -0.05) is 24.3 Å². The van der Waals surface area contributed by atoms with Crippen LogP contribution in [0, 0.1) is 18.6 Å². The van der Waals surface area contributed by atoms with Gasteiger partial charge in [-0.05, 0) is 60.9 Å². The third-order valence-corrected chi connectivity index (χ3v) is 5.80. The number of hydrogen-bond donors (Lipinski definition) is 0. The molecule has 2 aliphatic rings. The molecule has 0 radical (unpaired) electrons. The molecule has 32 heavy (non-hydrogen) atoms. The van der Waals surface area contributed by atoms with E-state index in [4.69, 9.17) is 9.47 Å². The van der Waals surface area contributed by atoms with Crippen molar-refractivity contribution in [1.29, 1.82) is 0 Å². The van der Waals surface area contributed by atoms with Crippen molar-refractivity contribution in [3.8, 4) is 11.5 Å². The Morgan fingerprint density at radius 2 is 1.69 bits per heavy atom. The van der Waals surface area contributed by atoms with Gasteiger partial charge in [0.2, 0.25) is 5.78 Å². The van der Waals surface area contributed by atoms with Gasteiger partial charge in [0.15, 0.2) is 5.76 Å². The van der Waals surface area contributed by atoms with Crippen molar-refractivity contribution in [2.24, 2.45) is 0 Å². The van der Waals surface area contributed by atoms with Crippen LogP contribution in [0.2, 0.25) is 0 Å². The van der Waals surface area contributed by atoms with Crippen molar-refractivity contribution in [2.75, 3.05) is 13.3 Å². The highest BCUT2D eigenvalue weighted by atomic mass is 19.1. The number of rotatable bonds is 4. The minimum Gasteiger partial charge on any atom is -0.477 e. The Kier molecular flexibility index (Phi) is 5.23. The monoisotopic (exact) mass is 433 g/mol. The SMILES string of the molecule is Cc1c2c(cc3c1O/C(=C\c1ccc(F)cc1)C3=O)CN(CCc1ccc(F)cc1)CO2. The normalized spacial score (nSPS) is 16.5. The van der Waals surface area contributed by atoms with E-state index < -0.39 is 0 Å². The van der Waals surface area contributed by atoms with Crippen molar-refractivity contribution in [2.45, 2.75) is 19.9 Å². The van der Waals surface area contributed by atoms with Crippen molar-refractivity contribution >= 4 is 11.9 Å². The molecular weight excluding hydrogens is 412 g/mol. The summed E-state index contributed by atoms with van der Waals surface area (Å²) in [5.74, 6) is 0.704. The summed E-state index contributed by atoms with van der Waals surface area (Å²) in [7, 11) is 0. The largest absolute Gasteiger partial charge is 0.477 e. The van der Waals surface area contributed by atoms with Crippen molar-refractivity contribution in [3.63, 3.8) is 0 Å². The molecule has 0 amide bonds. The fourth-order valence-corrected chi connectivity index (χ4v) is 4.09. The van der Waals surface area contributed by atoms with Crippen LogP contribution in [0.25, 0.3) is 6.08 Å². The second-order valence-corrected chi connectivity index (χ2v) is 8.06. The number of hydrogen-bond acceptors (Lipinski definition) is 4. The second kappa shape index (κ2) is 8.20. The molecule has 0 aromatic heterocycles. The minimum absolute atomic E-state index is 0.196. The molecule has 0 unspecified atom stereocenters. The van der Waals surface area contributed by atoms with E-state index in [2.05, 4.69) is 4.90 Å². The smallest absolute Gasteiger partial charge is 0.231 e. The highest BCUT2D eigenvalue weighted by Crippen LogP contribution is 2.43. The maximum absolute atomic E-state index is 13.2. The lowest BCUT2D eigenvalue weighted by Gasteiger charge is -2.30. The standard InChI is InChI=1S/C26H21F2NO3/c1-16-25-19(14-29(15-31-25)11-10-17-2-6-20(27)7-3-17)13-22-24(30)23(32-26(16)22)12-18-4-8-21(28)9-5-18/h2-9,12-13H,10-11,14-15H2,1H3/b23-12-. The van der Waals surface area contributed by atoms with Gasteiger partial charge in [-0.25, -0.2) is 8.78 Å². The zero-order chi connectivity index (χ0) is 22.2. The first kappa shape index (κ1) is 20.4. The first-order valence-electron chi connectivity index (χ1n) is 10.4. The number of benzene rings is 3. The van der Waals surface area contributed by atoms with Gasteiger partial charge in [0.1, 0.15) is 29.9 Å². The van der Waals surface area contributed by atoms with Crippen LogP contribution in [0.5, 0.6) is 11.5 Å². The van der Waals surface area contributed by atoms with Crippen LogP contribution in [-0.4, -0.2) is 24.0 Å². The average Bonchev–Trinajstić information content (AvgIpc) is 3.10. The molecule has 6 heteroatoms. The summed E-state index contributed by atoms with van der Waals surface area (Å²) in [6.07, 6.45) is 2.39. The van der Waals surface area contributed by atoms with E-state index >= 15 is 0 Å². The Morgan fingerprint density at radius 1 is 1.00 bits per heavy atom. The van der Waals surface area contributed by atoms with Gasteiger partial charge in [-0.2, -0.15) is 0 Å². The fraction of sp³-hybridized carbons (Fsp3) is 0.192. The Hall–Kier alpha value is -3.51. The Bertz CT molecular complexity index is 1220. The van der Waals surface area contributed by atoms with Crippen LogP contribution in [0.3, 0.4) is 0 Å². The number of carbonyl (C=O) groups is 1. The Balaban J connectivity index is 1.35. The molecule has 0 aliphatic carbocycles. The summed E-state index contributed by atoms with van der Waals surface area (Å²) in [6, 6.07) is 14.2. The van der Waals surface area contributed by atoms with Crippen molar-refractivity contribution < 1.29 is 23.0 Å². The molecule has 0 saturated carbocycles. The zero-order valence-corrected chi connectivity index (χ0v) is 17.5. The number of carbonyl (C=O) groups excluding carboxylic acids is 1. The maximum atomic E-state index is 13.2. The molecule has 4 nitrogen and oxygen atoms in total.